The SMILES string of the molecule is NC1N=C(c2ccccc2)C2=C(/C=C(OS(=O)(=O)C(F)(F)F)/C=C\C=C\C2=O)N1. The van der Waals surface area contributed by atoms with Gasteiger partial charge in [-0.15, -0.1) is 0 Å². The van der Waals surface area contributed by atoms with Crippen LogP contribution in [0, 0.1) is 0 Å². The van der Waals surface area contributed by atoms with Gasteiger partial charge >= 0.3 is 15.6 Å². The van der Waals surface area contributed by atoms with Crippen molar-refractivity contribution in [3.63, 3.8) is 0 Å². The van der Waals surface area contributed by atoms with Crippen molar-refractivity contribution in [3.05, 3.63) is 83.3 Å². The van der Waals surface area contributed by atoms with E-state index in [2.05, 4.69) is 14.5 Å². The number of nitrogens with two attached hydrogens (primary N) is 1. The lowest BCUT2D eigenvalue weighted by atomic mass is 9.95. The molecule has 11 heteroatoms. The van der Waals surface area contributed by atoms with Crippen molar-refractivity contribution in [1.29, 1.82) is 0 Å². The van der Waals surface area contributed by atoms with Crippen molar-refractivity contribution < 1.29 is 30.6 Å². The minimum atomic E-state index is -5.91. The van der Waals surface area contributed by atoms with E-state index >= 15 is 0 Å². The van der Waals surface area contributed by atoms with Crippen molar-refractivity contribution in [1.82, 2.24) is 5.32 Å². The van der Waals surface area contributed by atoms with Crippen LogP contribution >= 0.6 is 0 Å². The number of benzene rings is 1. The molecule has 1 aromatic carbocycles. The van der Waals surface area contributed by atoms with E-state index in [1.807, 2.05) is 0 Å². The molecule has 0 saturated heterocycles. The van der Waals surface area contributed by atoms with Gasteiger partial charge in [-0.3, -0.25) is 10.5 Å². The van der Waals surface area contributed by atoms with Crippen LogP contribution in [0.3, 0.4) is 0 Å². The highest BCUT2D eigenvalue weighted by Gasteiger charge is 2.48. The summed E-state index contributed by atoms with van der Waals surface area (Å²) in [6.45, 7) is 0. The smallest absolute Gasteiger partial charge is 0.376 e. The van der Waals surface area contributed by atoms with Gasteiger partial charge in [0.05, 0.1) is 17.0 Å². The summed E-state index contributed by atoms with van der Waals surface area (Å²) in [5, 5.41) is 2.65. The highest BCUT2D eigenvalue weighted by atomic mass is 32.2. The summed E-state index contributed by atoms with van der Waals surface area (Å²) in [4.78, 5) is 16.9. The number of allylic oxidation sites excluding steroid dienone is 6. The lowest BCUT2D eigenvalue weighted by Crippen LogP contribution is -2.41. The maximum Gasteiger partial charge on any atom is 0.534 e. The average molecular weight is 425 g/mol. The molecular formula is C18H14F3N3O4S. The number of carbonyl (C=O) groups excluding carboxylic acids is 1. The number of hydrogen-bond donors (Lipinski definition) is 2. The van der Waals surface area contributed by atoms with Crippen LogP contribution in [0.15, 0.2) is 82.7 Å². The second-order valence-corrected chi connectivity index (χ2v) is 7.37. The quantitative estimate of drug-likeness (QED) is 0.566. The number of carbonyl (C=O) groups is 1. The van der Waals surface area contributed by atoms with E-state index in [4.69, 9.17) is 5.73 Å². The standard InChI is InChI=1S/C18H14F3N3O4S/c19-18(20,21)29(26,27)28-12-8-4-5-9-14(25)15-13(10-12)23-17(22)24-16(15)11-6-2-1-3-7-11/h1-10,17,23H,22H2/b8-4-,9-5+,12-10-. The first-order valence-corrected chi connectivity index (χ1v) is 9.51. The Kier molecular flexibility index (Phi) is 5.44. The molecule has 0 bridgehead atoms. The molecule has 1 aliphatic heterocycles. The molecule has 7 nitrogen and oxygen atoms in total. The van der Waals surface area contributed by atoms with E-state index in [0.29, 0.717) is 5.56 Å². The third-order valence-electron chi connectivity index (χ3n) is 3.77. The number of nitrogens with zero attached hydrogens (tertiary/aromatic N) is 1. The van der Waals surface area contributed by atoms with Gasteiger partial charge in [0.2, 0.25) is 0 Å². The summed E-state index contributed by atoms with van der Waals surface area (Å²) >= 11 is 0. The van der Waals surface area contributed by atoms with Crippen molar-refractivity contribution >= 4 is 21.6 Å². The van der Waals surface area contributed by atoms with Crippen LogP contribution in [0.2, 0.25) is 0 Å². The van der Waals surface area contributed by atoms with E-state index in [9.17, 15) is 26.4 Å². The number of halogens is 3. The molecular weight excluding hydrogens is 411 g/mol. The first-order chi connectivity index (χ1) is 13.6. The molecule has 0 aromatic heterocycles. The van der Waals surface area contributed by atoms with Gasteiger partial charge in [0.1, 0.15) is 5.76 Å². The molecule has 3 N–H and O–H groups in total. The van der Waals surface area contributed by atoms with E-state index in [1.54, 1.807) is 30.3 Å². The zero-order valence-electron chi connectivity index (χ0n) is 14.6. The lowest BCUT2D eigenvalue weighted by Gasteiger charge is -2.24. The Morgan fingerprint density at radius 1 is 1.10 bits per heavy atom. The van der Waals surface area contributed by atoms with Crippen LogP contribution in [0.4, 0.5) is 13.2 Å². The minimum absolute atomic E-state index is 0.00311. The Morgan fingerprint density at radius 2 is 1.76 bits per heavy atom. The molecule has 0 amide bonds. The number of hydrogen-bond acceptors (Lipinski definition) is 7. The monoisotopic (exact) mass is 425 g/mol. The summed E-state index contributed by atoms with van der Waals surface area (Å²) in [5.74, 6) is -1.17. The number of rotatable bonds is 3. The number of ketones is 1. The molecule has 0 radical (unpaired) electrons. The molecule has 0 fully saturated rings. The molecule has 2 aliphatic rings. The van der Waals surface area contributed by atoms with Gasteiger partial charge in [-0.2, -0.15) is 21.6 Å². The maximum atomic E-state index is 12.7. The molecule has 3 rings (SSSR count). The second kappa shape index (κ2) is 7.68. The van der Waals surface area contributed by atoms with Crippen molar-refractivity contribution in [3.8, 4) is 0 Å². The van der Waals surface area contributed by atoms with E-state index < -0.39 is 33.5 Å². The van der Waals surface area contributed by atoms with Gasteiger partial charge in [-0.05, 0) is 12.2 Å². The third kappa shape index (κ3) is 4.46. The first kappa shape index (κ1) is 20.6. The number of aliphatic imine (C=N–C) groups is 1. The Labute approximate surface area is 163 Å². The third-order valence-corrected chi connectivity index (χ3v) is 4.75. The molecule has 0 spiro atoms. The lowest BCUT2D eigenvalue weighted by molar-refractivity contribution is -0.111. The number of alkyl halides is 3. The number of nitrogens with one attached hydrogen (secondary N) is 1. The topological polar surface area (TPSA) is 111 Å². The van der Waals surface area contributed by atoms with Crippen LogP contribution < -0.4 is 11.1 Å². The fourth-order valence-electron chi connectivity index (χ4n) is 2.57. The van der Waals surface area contributed by atoms with Gasteiger partial charge in [-0.1, -0.05) is 42.5 Å². The van der Waals surface area contributed by atoms with Crippen LogP contribution in [-0.4, -0.2) is 31.7 Å². The predicted octanol–water partition coefficient (Wildman–Crippen LogP) is 2.02. The van der Waals surface area contributed by atoms with Gasteiger partial charge in [0.25, 0.3) is 0 Å². The fraction of sp³-hybridized carbons (Fsp3) is 0.111. The largest absolute Gasteiger partial charge is 0.534 e. The van der Waals surface area contributed by atoms with Gasteiger partial charge in [0, 0.05) is 11.6 Å². The van der Waals surface area contributed by atoms with E-state index in [0.717, 1.165) is 18.2 Å². The van der Waals surface area contributed by atoms with Crippen molar-refractivity contribution in [2.45, 2.75) is 11.8 Å². The van der Waals surface area contributed by atoms with E-state index in [1.165, 1.54) is 12.2 Å². The molecule has 1 heterocycles. The molecule has 1 aromatic rings. The summed E-state index contributed by atoms with van der Waals surface area (Å²) in [6.07, 6.45) is 4.49. The molecule has 1 unspecified atom stereocenters. The Hall–Kier alpha value is -3.18. The molecule has 1 atom stereocenters. The summed E-state index contributed by atoms with van der Waals surface area (Å²) in [7, 11) is -5.91. The Morgan fingerprint density at radius 3 is 2.41 bits per heavy atom. The first-order valence-electron chi connectivity index (χ1n) is 8.10. The second-order valence-electron chi connectivity index (χ2n) is 5.83. The van der Waals surface area contributed by atoms with Crippen LogP contribution in [0.25, 0.3) is 0 Å². The maximum absolute atomic E-state index is 12.7. The Balaban J connectivity index is 2.16. The molecule has 152 valence electrons. The molecule has 29 heavy (non-hydrogen) atoms. The summed E-state index contributed by atoms with van der Waals surface area (Å²) < 4.78 is 65.1. The van der Waals surface area contributed by atoms with Crippen LogP contribution in [-0.2, 0) is 19.1 Å². The summed E-state index contributed by atoms with van der Waals surface area (Å²) in [5.41, 5.74) is 0.950. The Bertz CT molecular complexity index is 1090. The van der Waals surface area contributed by atoms with Gasteiger partial charge in [0.15, 0.2) is 12.1 Å². The van der Waals surface area contributed by atoms with Gasteiger partial charge < -0.3 is 9.50 Å². The zero-order valence-corrected chi connectivity index (χ0v) is 15.4. The average Bonchev–Trinajstić information content (AvgIpc) is 2.70. The van der Waals surface area contributed by atoms with Crippen molar-refractivity contribution in [2.24, 2.45) is 10.7 Å². The minimum Gasteiger partial charge on any atom is -0.376 e. The van der Waals surface area contributed by atoms with Crippen LogP contribution in [0.1, 0.15) is 5.56 Å². The normalized spacial score (nSPS) is 24.0. The highest BCUT2D eigenvalue weighted by Crippen LogP contribution is 2.28. The highest BCUT2D eigenvalue weighted by molar-refractivity contribution is 7.87. The fourth-order valence-corrected chi connectivity index (χ4v) is 3.02. The van der Waals surface area contributed by atoms with Crippen LogP contribution in [0.5, 0.6) is 0 Å². The summed E-state index contributed by atoms with van der Waals surface area (Å²) in [6, 6.07) is 8.53. The van der Waals surface area contributed by atoms with E-state index in [-0.39, 0.29) is 17.0 Å². The predicted molar refractivity (Wildman–Crippen MR) is 98.5 cm³/mol. The molecule has 0 saturated carbocycles. The van der Waals surface area contributed by atoms with Gasteiger partial charge in [-0.25, -0.2) is 4.99 Å². The zero-order chi connectivity index (χ0) is 21.2. The van der Waals surface area contributed by atoms with Crippen molar-refractivity contribution in [2.75, 3.05) is 0 Å². The molecule has 1 aliphatic carbocycles.